The van der Waals surface area contributed by atoms with Crippen molar-refractivity contribution in [2.75, 3.05) is 52.7 Å². The summed E-state index contributed by atoms with van der Waals surface area (Å²) in [6.45, 7) is 7.61. The summed E-state index contributed by atoms with van der Waals surface area (Å²) in [6, 6.07) is 35.8. The van der Waals surface area contributed by atoms with Crippen LogP contribution in [0.1, 0.15) is 73.0 Å². The lowest BCUT2D eigenvalue weighted by molar-refractivity contribution is -0.164. The highest BCUT2D eigenvalue weighted by Crippen LogP contribution is 2.30. The first-order valence-corrected chi connectivity index (χ1v) is 20.1. The van der Waals surface area contributed by atoms with Crippen LogP contribution in [0.4, 0.5) is 0 Å². The molecule has 4 atom stereocenters. The molecule has 10 heteroatoms. The number of hydrogen-bond acceptors (Lipinski definition) is 8. The molecule has 2 N–H and O–H groups in total. The average molecular weight is 780 g/mol. The molecule has 0 amide bonds. The highest BCUT2D eigenvalue weighted by molar-refractivity contribution is 6.30. The normalized spacial score (nSPS) is 19.9. The number of epoxide rings is 1. The second-order valence-electron chi connectivity index (χ2n) is 13.7. The Balaban J connectivity index is 0.000000175. The number of aliphatic hydroxyl groups is 1. The summed E-state index contributed by atoms with van der Waals surface area (Å²) in [5.41, 5.74) is 4.62. The van der Waals surface area contributed by atoms with Crippen molar-refractivity contribution in [3.8, 4) is 0 Å². The molecule has 4 aromatic carbocycles. The van der Waals surface area contributed by atoms with Gasteiger partial charge in [0.15, 0.2) is 12.6 Å². The Labute approximate surface area is 331 Å². The van der Waals surface area contributed by atoms with Crippen LogP contribution in [0, 0.1) is 0 Å². The van der Waals surface area contributed by atoms with E-state index < -0.39 is 6.10 Å². The summed E-state index contributed by atoms with van der Waals surface area (Å²) in [6.07, 6.45) is 6.40. The molecule has 8 nitrogen and oxygen atoms in total. The predicted molar refractivity (Wildman–Crippen MR) is 216 cm³/mol. The van der Waals surface area contributed by atoms with Crippen LogP contribution < -0.4 is 5.32 Å². The molecule has 0 saturated carbocycles. The largest absolute Gasteiger partial charge is 0.387 e. The lowest BCUT2D eigenvalue weighted by Gasteiger charge is -2.27. The lowest BCUT2D eigenvalue weighted by Crippen LogP contribution is -2.33. The van der Waals surface area contributed by atoms with E-state index in [-0.39, 0.29) is 12.6 Å². The van der Waals surface area contributed by atoms with Crippen LogP contribution in [0.5, 0.6) is 0 Å². The maximum Gasteiger partial charge on any atom is 0.157 e. The van der Waals surface area contributed by atoms with Gasteiger partial charge in [0.05, 0.1) is 25.9 Å². The van der Waals surface area contributed by atoms with Crippen molar-refractivity contribution in [1.29, 1.82) is 0 Å². The SMILES string of the molecule is Clc1ccc(C2CO2)cc1.OC(CN(CCOC1CCCCO1)Cc1ccccc1)c1ccc(Cl)cc1.c1ccc(CNCCOC2CCCCO2)cc1. The highest BCUT2D eigenvalue weighted by atomic mass is 35.5. The van der Waals surface area contributed by atoms with Crippen LogP contribution in [-0.4, -0.2) is 75.3 Å². The van der Waals surface area contributed by atoms with Crippen LogP contribution in [0.25, 0.3) is 0 Å². The van der Waals surface area contributed by atoms with E-state index in [9.17, 15) is 5.11 Å². The minimum Gasteiger partial charge on any atom is -0.387 e. The molecule has 7 rings (SSSR count). The van der Waals surface area contributed by atoms with Gasteiger partial charge < -0.3 is 34.1 Å². The summed E-state index contributed by atoms with van der Waals surface area (Å²) in [4.78, 5) is 2.22. The van der Waals surface area contributed by atoms with E-state index in [2.05, 4.69) is 46.6 Å². The average Bonchev–Trinajstić information content (AvgIpc) is 4.07. The summed E-state index contributed by atoms with van der Waals surface area (Å²) >= 11 is 11.6. The highest BCUT2D eigenvalue weighted by Gasteiger charge is 2.24. The number of benzene rings is 4. The molecule has 0 aromatic heterocycles. The van der Waals surface area contributed by atoms with E-state index in [4.69, 9.17) is 46.9 Å². The van der Waals surface area contributed by atoms with Crippen molar-refractivity contribution in [2.24, 2.45) is 0 Å². The smallest absolute Gasteiger partial charge is 0.157 e. The van der Waals surface area contributed by atoms with Gasteiger partial charge in [-0.05, 0) is 85.0 Å². The maximum absolute atomic E-state index is 10.7. The fraction of sp³-hybridized carbons (Fsp3) is 0.455. The van der Waals surface area contributed by atoms with E-state index in [1.165, 1.54) is 29.5 Å². The first-order valence-electron chi connectivity index (χ1n) is 19.3. The number of nitrogens with one attached hydrogen (secondary N) is 1. The quantitative estimate of drug-likeness (QED) is 0.0861. The fourth-order valence-electron chi connectivity index (χ4n) is 6.12. The molecule has 3 heterocycles. The molecular formula is C44H56Cl2N2O6. The summed E-state index contributed by atoms with van der Waals surface area (Å²) in [7, 11) is 0. The van der Waals surface area contributed by atoms with Crippen molar-refractivity contribution < 1.29 is 28.8 Å². The molecule has 0 aliphatic carbocycles. The fourth-order valence-corrected chi connectivity index (χ4v) is 6.37. The number of nitrogens with zero attached hydrogens (tertiary/aromatic N) is 1. The maximum atomic E-state index is 10.7. The van der Waals surface area contributed by atoms with E-state index in [0.717, 1.165) is 88.9 Å². The van der Waals surface area contributed by atoms with Gasteiger partial charge in [0.25, 0.3) is 0 Å². The third-order valence-electron chi connectivity index (χ3n) is 9.25. The Morgan fingerprint density at radius 3 is 1.80 bits per heavy atom. The van der Waals surface area contributed by atoms with Crippen LogP contribution in [0.3, 0.4) is 0 Å². The van der Waals surface area contributed by atoms with Gasteiger partial charge in [0, 0.05) is 56.0 Å². The predicted octanol–water partition coefficient (Wildman–Crippen LogP) is 9.15. The molecule has 0 radical (unpaired) electrons. The zero-order valence-corrected chi connectivity index (χ0v) is 32.7. The van der Waals surface area contributed by atoms with Crippen molar-refractivity contribution in [3.63, 3.8) is 0 Å². The Bertz CT molecular complexity index is 1540. The summed E-state index contributed by atoms with van der Waals surface area (Å²) in [5, 5.41) is 15.5. The van der Waals surface area contributed by atoms with Crippen molar-refractivity contribution >= 4 is 23.2 Å². The Morgan fingerprint density at radius 1 is 0.685 bits per heavy atom. The third-order valence-corrected chi connectivity index (χ3v) is 9.76. The van der Waals surface area contributed by atoms with Gasteiger partial charge in [-0.25, -0.2) is 0 Å². The molecule has 3 fully saturated rings. The second kappa shape index (κ2) is 24.6. The van der Waals surface area contributed by atoms with Gasteiger partial charge in [0.1, 0.15) is 6.10 Å². The van der Waals surface area contributed by atoms with E-state index in [1.54, 1.807) is 0 Å². The topological polar surface area (TPSA) is 85.0 Å². The molecule has 3 saturated heterocycles. The minimum absolute atomic E-state index is 0.0299. The Hall–Kier alpha value is -2.86. The summed E-state index contributed by atoms with van der Waals surface area (Å²) in [5.74, 6) is 0. The monoisotopic (exact) mass is 778 g/mol. The molecule has 0 spiro atoms. The number of hydrogen-bond donors (Lipinski definition) is 2. The molecular weight excluding hydrogens is 723 g/mol. The number of rotatable bonds is 16. The minimum atomic E-state index is -0.572. The Morgan fingerprint density at radius 2 is 1.24 bits per heavy atom. The van der Waals surface area contributed by atoms with Gasteiger partial charge in [0.2, 0.25) is 0 Å². The number of aliphatic hydroxyl groups excluding tert-OH is 1. The van der Waals surface area contributed by atoms with Crippen LogP contribution in [-0.2, 0) is 36.8 Å². The second-order valence-corrected chi connectivity index (χ2v) is 14.5. The molecule has 54 heavy (non-hydrogen) atoms. The summed E-state index contributed by atoms with van der Waals surface area (Å²) < 4.78 is 27.7. The Kier molecular flexibility index (Phi) is 19.3. The van der Waals surface area contributed by atoms with Crippen molar-refractivity contribution in [2.45, 2.75) is 76.4 Å². The molecule has 4 unspecified atom stereocenters. The standard InChI is InChI=1S/C22H28ClNO3.C14H21NO2.C8H7ClO/c23-20-11-9-19(10-12-20)21(25)17-24(16-18-6-2-1-3-7-18)13-15-27-22-8-4-5-14-26-22;1-2-6-13(7-3-1)12-15-9-11-17-14-8-4-5-10-16-14;9-7-3-1-6(2-4-7)8-5-10-8/h1-3,6-7,9-12,21-22,25H,4-5,8,13-17H2;1-3,6-7,14-15H,4-5,8-12H2;1-4,8H,5H2. The van der Waals surface area contributed by atoms with E-state index in [0.29, 0.717) is 24.3 Å². The van der Waals surface area contributed by atoms with Gasteiger partial charge in [-0.2, -0.15) is 0 Å². The van der Waals surface area contributed by atoms with Gasteiger partial charge in [-0.1, -0.05) is 108 Å². The van der Waals surface area contributed by atoms with Crippen molar-refractivity contribution in [3.05, 3.63) is 141 Å². The molecule has 3 aliphatic heterocycles. The lowest BCUT2D eigenvalue weighted by atomic mass is 10.1. The number of halogens is 2. The molecule has 0 bridgehead atoms. The zero-order valence-electron chi connectivity index (χ0n) is 31.2. The molecule has 3 aliphatic rings. The number of ether oxygens (including phenoxy) is 5. The van der Waals surface area contributed by atoms with E-state index >= 15 is 0 Å². The van der Waals surface area contributed by atoms with Crippen LogP contribution in [0.15, 0.2) is 109 Å². The molecule has 4 aromatic rings. The van der Waals surface area contributed by atoms with Crippen molar-refractivity contribution in [1.82, 2.24) is 10.2 Å². The third kappa shape index (κ3) is 16.9. The first kappa shape index (κ1) is 42.3. The van der Waals surface area contributed by atoms with Gasteiger partial charge in [-0.15, -0.1) is 0 Å². The van der Waals surface area contributed by atoms with Crippen LogP contribution in [0.2, 0.25) is 10.0 Å². The van der Waals surface area contributed by atoms with Gasteiger partial charge in [-0.3, -0.25) is 4.90 Å². The zero-order chi connectivity index (χ0) is 37.6. The van der Waals surface area contributed by atoms with E-state index in [1.807, 2.05) is 72.8 Å². The van der Waals surface area contributed by atoms with Crippen LogP contribution >= 0.6 is 23.2 Å². The first-order chi connectivity index (χ1) is 26.5. The van der Waals surface area contributed by atoms with Gasteiger partial charge >= 0.3 is 0 Å². The molecule has 292 valence electrons.